The van der Waals surface area contributed by atoms with Crippen LogP contribution in [0.25, 0.3) is 0 Å². The summed E-state index contributed by atoms with van der Waals surface area (Å²) in [5.41, 5.74) is 0. The van der Waals surface area contributed by atoms with E-state index in [0.29, 0.717) is 17.4 Å². The molecule has 5 nitrogen and oxygen atoms in total. The van der Waals surface area contributed by atoms with Crippen molar-refractivity contribution in [3.63, 3.8) is 0 Å². The van der Waals surface area contributed by atoms with E-state index < -0.39 is 0 Å². The molecule has 0 radical (unpaired) electrons. The normalized spacial score (nSPS) is 21.6. The van der Waals surface area contributed by atoms with Gasteiger partial charge < -0.3 is 9.47 Å². The Morgan fingerprint density at radius 2 is 1.95 bits per heavy atom. The molecule has 4 rings (SSSR count). The van der Waals surface area contributed by atoms with Gasteiger partial charge in [-0.1, -0.05) is 25.0 Å². The van der Waals surface area contributed by atoms with Crippen LogP contribution in [0, 0.1) is 4.77 Å². The van der Waals surface area contributed by atoms with E-state index in [1.165, 1.54) is 12.8 Å². The summed E-state index contributed by atoms with van der Waals surface area (Å²) in [6, 6.07) is 8.16. The van der Waals surface area contributed by atoms with Gasteiger partial charge in [0.15, 0.2) is 28.2 Å². The fraction of sp³-hybridized carbons (Fsp3) is 0.467. The zero-order valence-corrected chi connectivity index (χ0v) is 12.4. The van der Waals surface area contributed by atoms with Gasteiger partial charge in [0, 0.05) is 6.04 Å². The summed E-state index contributed by atoms with van der Waals surface area (Å²) < 4.78 is 14.7. The topological polar surface area (TPSA) is 52.1 Å². The van der Waals surface area contributed by atoms with Gasteiger partial charge in [-0.25, -0.2) is 0 Å². The monoisotopic (exact) mass is 303 g/mol. The van der Waals surface area contributed by atoms with Crippen LogP contribution in [0.15, 0.2) is 24.3 Å². The number of nitrogens with zero attached hydrogens (tertiary/aromatic N) is 2. The number of nitrogens with one attached hydrogen (secondary N) is 1. The van der Waals surface area contributed by atoms with Crippen molar-refractivity contribution < 1.29 is 9.47 Å². The van der Waals surface area contributed by atoms with E-state index in [0.717, 1.165) is 30.2 Å². The van der Waals surface area contributed by atoms with Crippen molar-refractivity contribution >= 4 is 12.2 Å². The first-order valence-corrected chi connectivity index (χ1v) is 7.79. The molecule has 21 heavy (non-hydrogen) atoms. The molecule has 2 aromatic rings. The second-order valence-electron chi connectivity index (χ2n) is 5.56. The quantitative estimate of drug-likeness (QED) is 0.862. The van der Waals surface area contributed by atoms with Gasteiger partial charge in [-0.05, 0) is 37.2 Å². The summed E-state index contributed by atoms with van der Waals surface area (Å²) in [5, 5.41) is 7.31. The van der Waals surface area contributed by atoms with E-state index in [4.69, 9.17) is 21.7 Å². The summed E-state index contributed by atoms with van der Waals surface area (Å²) in [4.78, 5) is 0. The lowest BCUT2D eigenvalue weighted by Crippen LogP contribution is -2.25. The average Bonchev–Trinajstić information content (AvgIpc) is 3.15. The first-order chi connectivity index (χ1) is 10.3. The number of para-hydroxylation sites is 2. The molecule has 110 valence electrons. The molecule has 2 heterocycles. The van der Waals surface area contributed by atoms with Crippen LogP contribution in [0.2, 0.25) is 0 Å². The Hall–Kier alpha value is -1.82. The number of hydrogen-bond donors (Lipinski definition) is 1. The predicted octanol–water partition coefficient (Wildman–Crippen LogP) is 3.57. The summed E-state index contributed by atoms with van der Waals surface area (Å²) in [6.45, 7) is 0.462. The molecule has 1 saturated carbocycles. The van der Waals surface area contributed by atoms with Crippen molar-refractivity contribution in [1.82, 2.24) is 14.8 Å². The zero-order valence-electron chi connectivity index (χ0n) is 11.6. The Kier molecular flexibility index (Phi) is 3.18. The van der Waals surface area contributed by atoms with E-state index in [1.54, 1.807) is 0 Å². The van der Waals surface area contributed by atoms with Gasteiger partial charge in [0.05, 0.1) is 0 Å². The molecule has 1 aromatic heterocycles. The molecule has 1 aliphatic carbocycles. The lowest BCUT2D eigenvalue weighted by Gasteiger charge is -2.27. The van der Waals surface area contributed by atoms with Gasteiger partial charge in [0.2, 0.25) is 0 Å². The van der Waals surface area contributed by atoms with Gasteiger partial charge in [-0.15, -0.1) is 0 Å². The van der Waals surface area contributed by atoms with E-state index in [9.17, 15) is 0 Å². The second kappa shape index (κ2) is 5.18. The number of hydrogen-bond acceptors (Lipinski definition) is 4. The number of H-pyrrole nitrogens is 1. The fourth-order valence-electron chi connectivity index (χ4n) is 3.21. The van der Waals surface area contributed by atoms with Crippen LogP contribution >= 0.6 is 12.2 Å². The Morgan fingerprint density at radius 3 is 2.76 bits per heavy atom. The molecule has 0 spiro atoms. The van der Waals surface area contributed by atoms with Crippen LogP contribution in [-0.2, 0) is 0 Å². The average molecular weight is 303 g/mol. The minimum atomic E-state index is -0.214. The summed E-state index contributed by atoms with van der Waals surface area (Å²) in [7, 11) is 0. The third-order valence-corrected chi connectivity index (χ3v) is 4.51. The third-order valence-electron chi connectivity index (χ3n) is 4.22. The standard InChI is InChI=1S/C15H17N3O2S/c21-15-17-16-14(18(15)10-5-1-2-6-10)13-9-19-11-7-3-4-8-12(11)20-13/h3-4,7-8,10,13H,1-2,5-6,9H2,(H,17,21)/t13-/m1/s1. The van der Waals surface area contributed by atoms with Crippen molar-refractivity contribution in [3.05, 3.63) is 34.9 Å². The summed E-state index contributed by atoms with van der Waals surface area (Å²) in [5.74, 6) is 2.40. The van der Waals surface area contributed by atoms with Gasteiger partial charge in [0.1, 0.15) is 6.61 Å². The fourth-order valence-corrected chi connectivity index (χ4v) is 3.49. The highest BCUT2D eigenvalue weighted by Gasteiger charge is 2.30. The Bertz CT molecular complexity index is 703. The van der Waals surface area contributed by atoms with E-state index in [-0.39, 0.29) is 6.10 Å². The highest BCUT2D eigenvalue weighted by Crippen LogP contribution is 2.37. The predicted molar refractivity (Wildman–Crippen MR) is 80.2 cm³/mol. The van der Waals surface area contributed by atoms with Crippen molar-refractivity contribution in [1.29, 1.82) is 0 Å². The molecule has 0 saturated heterocycles. The number of rotatable bonds is 2. The number of ether oxygens (including phenoxy) is 2. The van der Waals surface area contributed by atoms with Crippen molar-refractivity contribution in [3.8, 4) is 11.5 Å². The molecule has 6 heteroatoms. The van der Waals surface area contributed by atoms with Gasteiger partial charge in [-0.2, -0.15) is 5.10 Å². The van der Waals surface area contributed by atoms with Crippen molar-refractivity contribution in [2.45, 2.75) is 37.8 Å². The zero-order chi connectivity index (χ0) is 14.2. The molecule has 0 bridgehead atoms. The maximum atomic E-state index is 6.06. The van der Waals surface area contributed by atoms with Crippen LogP contribution in [0.5, 0.6) is 11.5 Å². The largest absolute Gasteiger partial charge is 0.485 e. The van der Waals surface area contributed by atoms with Crippen LogP contribution in [0.3, 0.4) is 0 Å². The van der Waals surface area contributed by atoms with E-state index >= 15 is 0 Å². The van der Waals surface area contributed by atoms with Gasteiger partial charge >= 0.3 is 0 Å². The van der Waals surface area contributed by atoms with Crippen LogP contribution in [-0.4, -0.2) is 21.4 Å². The molecule has 2 aliphatic rings. The lowest BCUT2D eigenvalue weighted by atomic mass is 10.2. The smallest absolute Gasteiger partial charge is 0.195 e. The SMILES string of the molecule is S=c1[nH]nc([C@H]2COc3ccccc3O2)n1C1CCCC1. The molecular weight excluding hydrogens is 286 g/mol. The van der Waals surface area contributed by atoms with Crippen molar-refractivity contribution in [2.24, 2.45) is 0 Å². The van der Waals surface area contributed by atoms with Gasteiger partial charge in [0.25, 0.3) is 0 Å². The summed E-state index contributed by atoms with van der Waals surface area (Å²) >= 11 is 5.41. The lowest BCUT2D eigenvalue weighted by molar-refractivity contribution is 0.0808. The molecule has 0 amide bonds. The van der Waals surface area contributed by atoms with Crippen LogP contribution in [0.1, 0.15) is 43.7 Å². The minimum absolute atomic E-state index is 0.214. The molecule has 1 N–H and O–H groups in total. The molecule has 0 unspecified atom stereocenters. The highest BCUT2D eigenvalue weighted by atomic mass is 32.1. The molecular formula is C15H17N3O2S. The first-order valence-electron chi connectivity index (χ1n) is 7.38. The Labute approximate surface area is 127 Å². The van der Waals surface area contributed by atoms with Crippen molar-refractivity contribution in [2.75, 3.05) is 6.61 Å². The number of benzene rings is 1. The summed E-state index contributed by atoms with van der Waals surface area (Å²) in [6.07, 6.45) is 4.60. The molecule has 1 aromatic carbocycles. The van der Waals surface area contributed by atoms with Crippen LogP contribution in [0.4, 0.5) is 0 Å². The number of aromatic nitrogens is 3. The number of aromatic amines is 1. The molecule has 1 fully saturated rings. The third kappa shape index (κ3) is 2.23. The number of fused-ring (bicyclic) bond motifs is 1. The van der Waals surface area contributed by atoms with E-state index in [2.05, 4.69) is 14.8 Å². The first kappa shape index (κ1) is 12.9. The maximum absolute atomic E-state index is 6.06. The second-order valence-corrected chi connectivity index (χ2v) is 5.95. The Morgan fingerprint density at radius 1 is 1.19 bits per heavy atom. The van der Waals surface area contributed by atoms with E-state index in [1.807, 2.05) is 24.3 Å². The molecule has 1 atom stereocenters. The Balaban J connectivity index is 1.67. The maximum Gasteiger partial charge on any atom is 0.195 e. The molecule has 1 aliphatic heterocycles. The van der Waals surface area contributed by atoms with Crippen LogP contribution < -0.4 is 9.47 Å². The van der Waals surface area contributed by atoms with Gasteiger partial charge in [-0.3, -0.25) is 9.67 Å². The minimum Gasteiger partial charge on any atom is -0.485 e. The highest BCUT2D eigenvalue weighted by molar-refractivity contribution is 7.71.